The third-order valence-corrected chi connectivity index (χ3v) is 3.81. The third-order valence-electron chi connectivity index (χ3n) is 3.81. The van der Waals surface area contributed by atoms with E-state index in [1.165, 1.54) is 0 Å². The van der Waals surface area contributed by atoms with Gasteiger partial charge in [-0.3, -0.25) is 4.79 Å². The van der Waals surface area contributed by atoms with E-state index in [1.807, 2.05) is 81.0 Å². The van der Waals surface area contributed by atoms with E-state index in [1.54, 1.807) is 4.68 Å². The first-order chi connectivity index (χ1) is 11.5. The number of carbonyl (C=O) groups is 1. The lowest BCUT2D eigenvalue weighted by Gasteiger charge is -2.10. The van der Waals surface area contributed by atoms with Crippen LogP contribution in [0, 0.1) is 6.92 Å². The maximum atomic E-state index is 12.6. The Morgan fingerprint density at radius 3 is 2.58 bits per heavy atom. The second kappa shape index (κ2) is 6.35. The molecule has 24 heavy (non-hydrogen) atoms. The number of nitrogens with zero attached hydrogens (tertiary/aromatic N) is 3. The highest BCUT2D eigenvalue weighted by molar-refractivity contribution is 5.94. The molecule has 1 amide bonds. The van der Waals surface area contributed by atoms with Crippen molar-refractivity contribution in [3.05, 3.63) is 59.9 Å². The normalized spacial score (nSPS) is 11.0. The summed E-state index contributed by atoms with van der Waals surface area (Å²) < 4.78 is 3.71. The molecular formula is C19H22N4O. The quantitative estimate of drug-likeness (QED) is 0.801. The van der Waals surface area contributed by atoms with Gasteiger partial charge in [0.2, 0.25) is 0 Å². The number of rotatable bonds is 4. The Bertz CT molecular complexity index is 873. The Morgan fingerprint density at radius 2 is 1.96 bits per heavy atom. The number of hydrogen-bond donors (Lipinski definition) is 1. The lowest BCUT2D eigenvalue weighted by Crippen LogP contribution is -2.31. The average Bonchev–Trinajstić information content (AvgIpc) is 3.12. The molecule has 2 aromatic heterocycles. The van der Waals surface area contributed by atoms with Gasteiger partial charge in [-0.15, -0.1) is 0 Å². The van der Waals surface area contributed by atoms with E-state index in [-0.39, 0.29) is 11.9 Å². The van der Waals surface area contributed by atoms with Crippen molar-refractivity contribution in [3.63, 3.8) is 0 Å². The molecule has 124 valence electrons. The van der Waals surface area contributed by atoms with Gasteiger partial charge in [0.25, 0.3) is 5.91 Å². The Hall–Kier alpha value is -2.82. The van der Waals surface area contributed by atoms with Crippen molar-refractivity contribution in [3.8, 4) is 17.1 Å². The second-order valence-corrected chi connectivity index (χ2v) is 6.30. The molecule has 3 rings (SSSR count). The fourth-order valence-corrected chi connectivity index (χ4v) is 2.69. The van der Waals surface area contributed by atoms with Gasteiger partial charge in [-0.05, 0) is 56.7 Å². The summed E-state index contributed by atoms with van der Waals surface area (Å²) in [5.41, 5.74) is 4.28. The standard InChI is InChI=1S/C19H22N4O/c1-13(2)20-19(24)18-12-16(17-9-6-10-22(17)4)21-23(18)15-8-5-7-14(3)11-15/h5-13H,1-4H3,(H,20,24). The van der Waals surface area contributed by atoms with Crippen LogP contribution >= 0.6 is 0 Å². The van der Waals surface area contributed by atoms with Gasteiger partial charge in [-0.1, -0.05) is 12.1 Å². The molecule has 0 aliphatic carbocycles. The van der Waals surface area contributed by atoms with Gasteiger partial charge in [-0.2, -0.15) is 5.10 Å². The topological polar surface area (TPSA) is 51.9 Å². The van der Waals surface area contributed by atoms with Gasteiger partial charge in [0.05, 0.1) is 11.4 Å². The smallest absolute Gasteiger partial charge is 0.270 e. The Labute approximate surface area is 141 Å². The largest absolute Gasteiger partial charge is 0.349 e. The van der Waals surface area contributed by atoms with Crippen LogP contribution in [0.25, 0.3) is 17.1 Å². The van der Waals surface area contributed by atoms with Crippen LogP contribution in [0.2, 0.25) is 0 Å². The summed E-state index contributed by atoms with van der Waals surface area (Å²) in [6.07, 6.45) is 1.97. The number of aromatic nitrogens is 3. The van der Waals surface area contributed by atoms with Crippen LogP contribution in [-0.2, 0) is 7.05 Å². The van der Waals surface area contributed by atoms with Gasteiger partial charge in [0.15, 0.2) is 0 Å². The van der Waals surface area contributed by atoms with Crippen LogP contribution in [-0.4, -0.2) is 26.3 Å². The van der Waals surface area contributed by atoms with Gasteiger partial charge in [0.1, 0.15) is 11.4 Å². The molecule has 0 atom stereocenters. The molecule has 0 saturated carbocycles. The molecule has 2 heterocycles. The van der Waals surface area contributed by atoms with E-state index in [9.17, 15) is 4.79 Å². The monoisotopic (exact) mass is 322 g/mol. The second-order valence-electron chi connectivity index (χ2n) is 6.30. The van der Waals surface area contributed by atoms with E-state index in [4.69, 9.17) is 0 Å². The Balaban J connectivity index is 2.13. The zero-order valence-corrected chi connectivity index (χ0v) is 14.4. The van der Waals surface area contributed by atoms with Crippen LogP contribution in [0.3, 0.4) is 0 Å². The summed E-state index contributed by atoms with van der Waals surface area (Å²) >= 11 is 0. The van der Waals surface area contributed by atoms with E-state index in [0.717, 1.165) is 22.6 Å². The molecule has 0 spiro atoms. The maximum absolute atomic E-state index is 12.6. The lowest BCUT2D eigenvalue weighted by molar-refractivity contribution is 0.0935. The molecule has 1 aromatic carbocycles. The minimum absolute atomic E-state index is 0.0665. The predicted octanol–water partition coefficient (Wildman–Crippen LogP) is 3.32. The van der Waals surface area contributed by atoms with Crippen molar-refractivity contribution in [2.45, 2.75) is 26.8 Å². The average molecular weight is 322 g/mol. The number of benzene rings is 1. The van der Waals surface area contributed by atoms with Gasteiger partial charge < -0.3 is 9.88 Å². The first-order valence-electron chi connectivity index (χ1n) is 8.05. The van der Waals surface area contributed by atoms with Crippen molar-refractivity contribution in [2.24, 2.45) is 7.05 Å². The first kappa shape index (κ1) is 16.1. The molecule has 0 saturated heterocycles. The minimum atomic E-state index is -0.125. The Morgan fingerprint density at radius 1 is 1.17 bits per heavy atom. The molecule has 5 heteroatoms. The molecular weight excluding hydrogens is 300 g/mol. The van der Waals surface area contributed by atoms with Gasteiger partial charge in [-0.25, -0.2) is 4.68 Å². The summed E-state index contributed by atoms with van der Waals surface area (Å²) in [5.74, 6) is -0.125. The SMILES string of the molecule is Cc1cccc(-n2nc(-c3cccn3C)cc2C(=O)NC(C)C)c1. The Kier molecular flexibility index (Phi) is 4.25. The summed E-state index contributed by atoms with van der Waals surface area (Å²) in [6, 6.07) is 13.8. The highest BCUT2D eigenvalue weighted by atomic mass is 16.2. The van der Waals surface area contributed by atoms with E-state index >= 15 is 0 Å². The van der Waals surface area contributed by atoms with E-state index in [0.29, 0.717) is 5.69 Å². The van der Waals surface area contributed by atoms with Crippen LogP contribution in [0.5, 0.6) is 0 Å². The van der Waals surface area contributed by atoms with Crippen LogP contribution in [0.4, 0.5) is 0 Å². The van der Waals surface area contributed by atoms with Crippen molar-refractivity contribution < 1.29 is 4.79 Å². The number of nitrogens with one attached hydrogen (secondary N) is 1. The summed E-state index contributed by atoms with van der Waals surface area (Å²) in [5, 5.41) is 7.64. The third kappa shape index (κ3) is 3.11. The minimum Gasteiger partial charge on any atom is -0.349 e. The summed E-state index contributed by atoms with van der Waals surface area (Å²) in [6.45, 7) is 5.92. The molecule has 0 bridgehead atoms. The molecule has 3 aromatic rings. The molecule has 0 fully saturated rings. The van der Waals surface area contributed by atoms with Crippen molar-refractivity contribution in [2.75, 3.05) is 0 Å². The highest BCUT2D eigenvalue weighted by Crippen LogP contribution is 2.22. The fourth-order valence-electron chi connectivity index (χ4n) is 2.69. The van der Waals surface area contributed by atoms with Crippen LogP contribution in [0.1, 0.15) is 29.9 Å². The molecule has 5 nitrogen and oxygen atoms in total. The van der Waals surface area contributed by atoms with E-state index in [2.05, 4.69) is 10.4 Å². The molecule has 0 radical (unpaired) electrons. The molecule has 0 aliphatic rings. The summed E-state index contributed by atoms with van der Waals surface area (Å²) in [7, 11) is 1.97. The molecule has 1 N–H and O–H groups in total. The maximum Gasteiger partial charge on any atom is 0.270 e. The zero-order valence-electron chi connectivity index (χ0n) is 14.4. The van der Waals surface area contributed by atoms with Gasteiger partial charge >= 0.3 is 0 Å². The van der Waals surface area contributed by atoms with E-state index < -0.39 is 0 Å². The summed E-state index contributed by atoms with van der Waals surface area (Å²) in [4.78, 5) is 12.6. The lowest BCUT2D eigenvalue weighted by atomic mass is 10.2. The number of aryl methyl sites for hydroxylation is 2. The predicted molar refractivity (Wildman–Crippen MR) is 95.3 cm³/mol. The number of carbonyl (C=O) groups excluding carboxylic acids is 1. The van der Waals surface area contributed by atoms with Crippen molar-refractivity contribution >= 4 is 5.91 Å². The zero-order chi connectivity index (χ0) is 17.3. The fraction of sp³-hybridized carbons (Fsp3) is 0.263. The van der Waals surface area contributed by atoms with Gasteiger partial charge in [0, 0.05) is 19.3 Å². The number of amides is 1. The molecule has 0 unspecified atom stereocenters. The van der Waals surface area contributed by atoms with Crippen LogP contribution < -0.4 is 5.32 Å². The van der Waals surface area contributed by atoms with Crippen LogP contribution in [0.15, 0.2) is 48.7 Å². The number of hydrogen-bond acceptors (Lipinski definition) is 2. The molecule has 0 aliphatic heterocycles. The highest BCUT2D eigenvalue weighted by Gasteiger charge is 2.19. The van der Waals surface area contributed by atoms with Crippen molar-refractivity contribution in [1.29, 1.82) is 0 Å². The van der Waals surface area contributed by atoms with Crippen molar-refractivity contribution in [1.82, 2.24) is 19.7 Å². The first-order valence-corrected chi connectivity index (χ1v) is 8.05.